The molecule has 0 aliphatic heterocycles. The van der Waals surface area contributed by atoms with E-state index in [1.165, 1.54) is 122 Å². The van der Waals surface area contributed by atoms with Gasteiger partial charge in [0.25, 0.3) is 0 Å². The second-order valence-corrected chi connectivity index (χ2v) is 16.4. The minimum atomic E-state index is -0.785. The van der Waals surface area contributed by atoms with Crippen molar-refractivity contribution in [1.29, 1.82) is 0 Å². The zero-order valence-corrected chi connectivity index (χ0v) is 37.9. The third kappa shape index (κ3) is 44.6. The number of unbranched alkanes of at least 4 members (excludes halogenated alkanes) is 27. The fraction of sp³-hybridized carbons (Fsp3) is 0.824. The molecule has 0 saturated heterocycles. The monoisotopic (exact) mass is 801 g/mol. The van der Waals surface area contributed by atoms with E-state index in [4.69, 9.17) is 14.2 Å². The first-order valence-corrected chi connectivity index (χ1v) is 24.5. The topological polar surface area (TPSA) is 78.9 Å². The minimum absolute atomic E-state index is 0.0863. The molecule has 0 saturated carbocycles. The smallest absolute Gasteiger partial charge is 0.306 e. The fourth-order valence-corrected chi connectivity index (χ4v) is 6.84. The molecule has 0 aliphatic carbocycles. The summed E-state index contributed by atoms with van der Waals surface area (Å²) >= 11 is 0. The van der Waals surface area contributed by atoms with Crippen molar-refractivity contribution in [2.75, 3.05) is 13.2 Å². The maximum atomic E-state index is 12.7. The van der Waals surface area contributed by atoms with Crippen molar-refractivity contribution in [3.8, 4) is 0 Å². The van der Waals surface area contributed by atoms with Gasteiger partial charge in [0.05, 0.1) is 0 Å². The summed E-state index contributed by atoms with van der Waals surface area (Å²) in [7, 11) is 0. The van der Waals surface area contributed by atoms with Crippen molar-refractivity contribution in [2.24, 2.45) is 0 Å². The van der Waals surface area contributed by atoms with E-state index in [1.807, 2.05) is 0 Å². The molecule has 0 bridgehead atoms. The number of ether oxygens (including phenoxy) is 3. The van der Waals surface area contributed by atoms with Gasteiger partial charge >= 0.3 is 17.9 Å². The predicted molar refractivity (Wildman–Crippen MR) is 242 cm³/mol. The van der Waals surface area contributed by atoms with Gasteiger partial charge in [-0.2, -0.15) is 0 Å². The molecule has 0 aliphatic rings. The summed E-state index contributed by atoms with van der Waals surface area (Å²) in [6.45, 7) is 6.57. The minimum Gasteiger partial charge on any atom is -0.462 e. The van der Waals surface area contributed by atoms with E-state index < -0.39 is 6.10 Å². The third-order valence-electron chi connectivity index (χ3n) is 10.6. The van der Waals surface area contributed by atoms with Crippen LogP contribution in [0.1, 0.15) is 252 Å². The maximum Gasteiger partial charge on any atom is 0.306 e. The molecule has 0 fully saturated rings. The molecular formula is C51H92O6. The Morgan fingerprint density at radius 1 is 0.333 bits per heavy atom. The summed E-state index contributed by atoms with van der Waals surface area (Å²) in [6.07, 6.45) is 52.7. The number of rotatable bonds is 44. The van der Waals surface area contributed by atoms with Gasteiger partial charge in [0, 0.05) is 19.3 Å². The Balaban J connectivity index is 4.42. The SMILES string of the molecule is CCCCC/C=C\CCCCCCCC(=O)OCC(COC(=O)CCCCC/C=C\CCCCCCCCC)OC(=O)CCCCC/C=C\CCCCCCCC. The number of hydrogen-bond donors (Lipinski definition) is 0. The van der Waals surface area contributed by atoms with Gasteiger partial charge in [-0.05, 0) is 96.3 Å². The fourth-order valence-electron chi connectivity index (χ4n) is 6.84. The van der Waals surface area contributed by atoms with Crippen LogP contribution in [0, 0.1) is 0 Å². The summed E-state index contributed by atoms with van der Waals surface area (Å²) < 4.78 is 16.7. The third-order valence-corrected chi connectivity index (χ3v) is 10.6. The van der Waals surface area contributed by atoms with Gasteiger partial charge in [0.1, 0.15) is 13.2 Å². The van der Waals surface area contributed by atoms with E-state index in [0.717, 1.165) is 89.9 Å². The molecule has 1 atom stereocenters. The van der Waals surface area contributed by atoms with Crippen molar-refractivity contribution in [3.05, 3.63) is 36.5 Å². The second kappa shape index (κ2) is 46.3. The van der Waals surface area contributed by atoms with E-state index in [1.54, 1.807) is 0 Å². The van der Waals surface area contributed by atoms with E-state index in [-0.39, 0.29) is 31.1 Å². The molecule has 1 unspecified atom stereocenters. The number of carbonyl (C=O) groups excluding carboxylic acids is 3. The Labute approximate surface area is 353 Å². The standard InChI is InChI=1S/C51H92O6/c1-4-7-10-13-16-19-22-25-27-29-32-35-38-41-44-50(53)56-47-48(46-55-49(52)43-40-37-34-31-28-24-21-18-15-12-9-6-3)57-51(54)45-42-39-36-33-30-26-23-20-17-14-11-8-5-2/h18,21,26-27,29-30,48H,4-17,19-20,22-25,28,31-47H2,1-3H3/b21-18-,29-27-,30-26-. The first kappa shape index (κ1) is 54.6. The first-order valence-electron chi connectivity index (χ1n) is 24.5. The summed E-state index contributed by atoms with van der Waals surface area (Å²) in [5.74, 6) is -0.923. The van der Waals surface area contributed by atoms with E-state index in [0.29, 0.717) is 19.3 Å². The molecule has 0 aromatic heterocycles. The maximum absolute atomic E-state index is 12.7. The van der Waals surface area contributed by atoms with Crippen LogP contribution >= 0.6 is 0 Å². The lowest BCUT2D eigenvalue weighted by atomic mass is 10.1. The molecule has 0 amide bonds. The lowest BCUT2D eigenvalue weighted by Crippen LogP contribution is -2.30. The summed E-state index contributed by atoms with van der Waals surface area (Å²) in [6, 6.07) is 0. The highest BCUT2D eigenvalue weighted by Gasteiger charge is 2.19. The van der Waals surface area contributed by atoms with Crippen LogP contribution in [0.25, 0.3) is 0 Å². The van der Waals surface area contributed by atoms with Crippen LogP contribution in [0.4, 0.5) is 0 Å². The number of allylic oxidation sites excluding steroid dienone is 6. The molecule has 57 heavy (non-hydrogen) atoms. The largest absolute Gasteiger partial charge is 0.462 e. The molecule has 0 rings (SSSR count). The van der Waals surface area contributed by atoms with E-state index in [2.05, 4.69) is 57.2 Å². The lowest BCUT2D eigenvalue weighted by molar-refractivity contribution is -0.167. The highest BCUT2D eigenvalue weighted by molar-refractivity contribution is 5.71. The zero-order valence-electron chi connectivity index (χ0n) is 37.9. The highest BCUT2D eigenvalue weighted by Crippen LogP contribution is 2.13. The van der Waals surface area contributed by atoms with Crippen LogP contribution in [0.5, 0.6) is 0 Å². The molecule has 6 nitrogen and oxygen atoms in total. The van der Waals surface area contributed by atoms with Gasteiger partial charge in [-0.25, -0.2) is 0 Å². The van der Waals surface area contributed by atoms with Crippen LogP contribution < -0.4 is 0 Å². The molecule has 0 aromatic carbocycles. The van der Waals surface area contributed by atoms with E-state index >= 15 is 0 Å². The quantitative estimate of drug-likeness (QED) is 0.0264. The molecule has 0 N–H and O–H groups in total. The number of hydrogen-bond acceptors (Lipinski definition) is 6. The molecular weight excluding hydrogens is 709 g/mol. The van der Waals surface area contributed by atoms with Gasteiger partial charge < -0.3 is 14.2 Å². The van der Waals surface area contributed by atoms with Crippen LogP contribution in [0.15, 0.2) is 36.5 Å². The Morgan fingerprint density at radius 2 is 0.579 bits per heavy atom. The molecule has 0 radical (unpaired) electrons. The van der Waals surface area contributed by atoms with Crippen LogP contribution in [-0.4, -0.2) is 37.2 Å². The van der Waals surface area contributed by atoms with Crippen LogP contribution in [0.2, 0.25) is 0 Å². The van der Waals surface area contributed by atoms with Gasteiger partial charge in [-0.1, -0.05) is 173 Å². The Hall–Kier alpha value is -2.37. The van der Waals surface area contributed by atoms with Crippen molar-refractivity contribution in [1.82, 2.24) is 0 Å². The highest BCUT2D eigenvalue weighted by atomic mass is 16.6. The molecule has 6 heteroatoms. The second-order valence-electron chi connectivity index (χ2n) is 16.4. The summed E-state index contributed by atoms with van der Waals surface area (Å²) in [5, 5.41) is 0. The summed E-state index contributed by atoms with van der Waals surface area (Å²) in [5.41, 5.74) is 0. The van der Waals surface area contributed by atoms with Crippen molar-refractivity contribution in [2.45, 2.75) is 258 Å². The van der Waals surface area contributed by atoms with Gasteiger partial charge in [-0.15, -0.1) is 0 Å². The molecule has 0 spiro atoms. The molecule has 0 heterocycles. The van der Waals surface area contributed by atoms with Crippen molar-refractivity contribution >= 4 is 17.9 Å². The van der Waals surface area contributed by atoms with Gasteiger partial charge in [0.2, 0.25) is 0 Å². The van der Waals surface area contributed by atoms with Gasteiger partial charge in [0.15, 0.2) is 6.10 Å². The number of esters is 3. The molecule has 332 valence electrons. The zero-order chi connectivity index (χ0) is 41.5. The van der Waals surface area contributed by atoms with Gasteiger partial charge in [-0.3, -0.25) is 14.4 Å². The first-order chi connectivity index (χ1) is 28.0. The predicted octanol–water partition coefficient (Wildman–Crippen LogP) is 15.8. The summed E-state index contributed by atoms with van der Waals surface area (Å²) in [4.78, 5) is 37.8. The van der Waals surface area contributed by atoms with Crippen LogP contribution in [-0.2, 0) is 28.6 Å². The van der Waals surface area contributed by atoms with Crippen molar-refractivity contribution < 1.29 is 28.6 Å². The normalized spacial score (nSPS) is 12.3. The Bertz CT molecular complexity index is 969. The molecule has 0 aromatic rings. The van der Waals surface area contributed by atoms with Crippen LogP contribution in [0.3, 0.4) is 0 Å². The number of carbonyl (C=O) groups is 3. The lowest BCUT2D eigenvalue weighted by Gasteiger charge is -2.18. The average Bonchev–Trinajstić information content (AvgIpc) is 3.21. The average molecular weight is 801 g/mol. The Kier molecular flexibility index (Phi) is 44.4. The van der Waals surface area contributed by atoms with Crippen molar-refractivity contribution in [3.63, 3.8) is 0 Å². The van der Waals surface area contributed by atoms with E-state index in [9.17, 15) is 14.4 Å². The Morgan fingerprint density at radius 3 is 0.930 bits per heavy atom.